The molecule has 1 aromatic carbocycles. The minimum Gasteiger partial charge on any atom is -0.486 e. The van der Waals surface area contributed by atoms with E-state index in [0.717, 1.165) is 30.4 Å². The minimum absolute atomic E-state index is 0.657. The molecule has 0 spiro atoms. The zero-order chi connectivity index (χ0) is 14.7. The second kappa shape index (κ2) is 6.67. The van der Waals surface area contributed by atoms with Gasteiger partial charge < -0.3 is 19.7 Å². The number of fused-ring (bicyclic) bond motifs is 1. The molecular formula is C17H26N2O2. The molecule has 4 heteroatoms. The highest BCUT2D eigenvalue weighted by molar-refractivity contribution is 5.43. The molecule has 0 aliphatic carbocycles. The molecule has 1 saturated heterocycles. The van der Waals surface area contributed by atoms with Crippen LogP contribution in [0.1, 0.15) is 18.9 Å². The Morgan fingerprint density at radius 3 is 2.81 bits per heavy atom. The third-order valence-electron chi connectivity index (χ3n) is 4.68. The highest BCUT2D eigenvalue weighted by Crippen LogP contribution is 2.31. The van der Waals surface area contributed by atoms with Crippen LogP contribution in [0.25, 0.3) is 0 Å². The normalized spacial score (nSPS) is 25.8. The molecule has 2 heterocycles. The van der Waals surface area contributed by atoms with Gasteiger partial charge >= 0.3 is 0 Å². The summed E-state index contributed by atoms with van der Waals surface area (Å²) >= 11 is 0. The molecule has 0 aromatic heterocycles. The topological polar surface area (TPSA) is 33.7 Å². The number of nitrogens with one attached hydrogen (secondary N) is 1. The molecule has 1 fully saturated rings. The number of rotatable bonds is 4. The van der Waals surface area contributed by atoms with Gasteiger partial charge in [-0.1, -0.05) is 13.0 Å². The number of benzene rings is 1. The maximum Gasteiger partial charge on any atom is 0.161 e. The first-order valence-electron chi connectivity index (χ1n) is 8.04. The fourth-order valence-electron chi connectivity index (χ4n) is 3.39. The lowest BCUT2D eigenvalue weighted by Gasteiger charge is -2.36. The fourth-order valence-corrected chi connectivity index (χ4v) is 3.39. The lowest BCUT2D eigenvalue weighted by molar-refractivity contribution is 0.152. The first-order chi connectivity index (χ1) is 10.3. The summed E-state index contributed by atoms with van der Waals surface area (Å²) in [5.41, 5.74) is 1.34. The van der Waals surface area contributed by atoms with Gasteiger partial charge in [0.05, 0.1) is 0 Å². The van der Waals surface area contributed by atoms with Crippen LogP contribution >= 0.6 is 0 Å². The number of hydrogen-bond donors (Lipinski definition) is 1. The van der Waals surface area contributed by atoms with Crippen LogP contribution in [0.5, 0.6) is 11.5 Å². The molecule has 1 aromatic rings. The van der Waals surface area contributed by atoms with E-state index in [9.17, 15) is 0 Å². The Morgan fingerprint density at radius 1 is 1.24 bits per heavy atom. The molecule has 0 saturated carbocycles. The van der Waals surface area contributed by atoms with Crippen LogP contribution < -0.4 is 14.8 Å². The summed E-state index contributed by atoms with van der Waals surface area (Å²) < 4.78 is 11.2. The van der Waals surface area contributed by atoms with Crippen molar-refractivity contribution in [2.45, 2.75) is 25.8 Å². The van der Waals surface area contributed by atoms with E-state index in [1.165, 1.54) is 25.1 Å². The van der Waals surface area contributed by atoms with Crippen LogP contribution in [0, 0.1) is 5.92 Å². The second-order valence-electron chi connectivity index (χ2n) is 6.19. The molecular weight excluding hydrogens is 264 g/mol. The fraction of sp³-hybridized carbons (Fsp3) is 0.647. The standard InChI is InChI=1S/C17H26N2O2/c1-13-12-19(8-6-15(13)18-2)7-5-14-3-4-16-17(11-14)21-10-9-20-16/h3-4,11,13,15,18H,5-10,12H2,1-2H3. The van der Waals surface area contributed by atoms with Crippen molar-refractivity contribution in [2.24, 2.45) is 5.92 Å². The van der Waals surface area contributed by atoms with Gasteiger partial charge in [0, 0.05) is 19.1 Å². The van der Waals surface area contributed by atoms with E-state index in [4.69, 9.17) is 9.47 Å². The van der Waals surface area contributed by atoms with Crippen molar-refractivity contribution in [3.05, 3.63) is 23.8 Å². The average molecular weight is 290 g/mol. The molecule has 0 radical (unpaired) electrons. The van der Waals surface area contributed by atoms with E-state index in [1.54, 1.807) is 0 Å². The van der Waals surface area contributed by atoms with Gasteiger partial charge in [0.2, 0.25) is 0 Å². The molecule has 0 bridgehead atoms. The van der Waals surface area contributed by atoms with E-state index < -0.39 is 0 Å². The highest BCUT2D eigenvalue weighted by atomic mass is 16.6. The van der Waals surface area contributed by atoms with Gasteiger partial charge in [-0.05, 0) is 50.0 Å². The van der Waals surface area contributed by atoms with Crippen LogP contribution in [0.15, 0.2) is 18.2 Å². The summed E-state index contributed by atoms with van der Waals surface area (Å²) in [6.45, 7) is 7.17. The van der Waals surface area contributed by atoms with Gasteiger partial charge in [-0.3, -0.25) is 0 Å². The van der Waals surface area contributed by atoms with E-state index in [1.807, 2.05) is 6.07 Å². The van der Waals surface area contributed by atoms with Crippen LogP contribution in [-0.2, 0) is 6.42 Å². The van der Waals surface area contributed by atoms with E-state index >= 15 is 0 Å². The number of nitrogens with zero attached hydrogens (tertiary/aromatic N) is 1. The quantitative estimate of drug-likeness (QED) is 0.919. The van der Waals surface area contributed by atoms with Crippen LogP contribution in [0.2, 0.25) is 0 Å². The number of likely N-dealkylation sites (tertiary alicyclic amines) is 1. The summed E-state index contributed by atoms with van der Waals surface area (Å²) in [5, 5.41) is 3.43. The Labute approximate surface area is 127 Å². The number of ether oxygens (including phenoxy) is 2. The molecule has 2 aliphatic rings. The van der Waals surface area contributed by atoms with Crippen molar-refractivity contribution in [1.29, 1.82) is 0 Å². The summed E-state index contributed by atoms with van der Waals surface area (Å²) in [7, 11) is 2.08. The Kier molecular flexibility index (Phi) is 4.66. The molecule has 2 aliphatic heterocycles. The SMILES string of the molecule is CNC1CCN(CCc2ccc3c(c2)OCCO3)CC1C. The maximum absolute atomic E-state index is 5.65. The average Bonchev–Trinajstić information content (AvgIpc) is 2.53. The Bertz CT molecular complexity index is 478. The van der Waals surface area contributed by atoms with Gasteiger partial charge in [0.1, 0.15) is 13.2 Å². The predicted molar refractivity (Wildman–Crippen MR) is 84.2 cm³/mol. The van der Waals surface area contributed by atoms with Crippen molar-refractivity contribution < 1.29 is 9.47 Å². The van der Waals surface area contributed by atoms with E-state index in [2.05, 4.69) is 36.3 Å². The molecule has 3 rings (SSSR count). The third kappa shape index (κ3) is 3.50. The third-order valence-corrected chi connectivity index (χ3v) is 4.68. The zero-order valence-electron chi connectivity index (χ0n) is 13.1. The van der Waals surface area contributed by atoms with Gasteiger partial charge in [0.25, 0.3) is 0 Å². The second-order valence-corrected chi connectivity index (χ2v) is 6.19. The molecule has 1 N–H and O–H groups in total. The van der Waals surface area contributed by atoms with Gasteiger partial charge in [-0.15, -0.1) is 0 Å². The number of piperidine rings is 1. The number of hydrogen-bond acceptors (Lipinski definition) is 4. The van der Waals surface area contributed by atoms with Crippen molar-refractivity contribution in [3.63, 3.8) is 0 Å². The van der Waals surface area contributed by atoms with Crippen molar-refractivity contribution >= 4 is 0 Å². The zero-order valence-corrected chi connectivity index (χ0v) is 13.1. The monoisotopic (exact) mass is 290 g/mol. The minimum atomic E-state index is 0.657. The van der Waals surface area contributed by atoms with Crippen molar-refractivity contribution in [1.82, 2.24) is 10.2 Å². The Balaban J connectivity index is 1.53. The van der Waals surface area contributed by atoms with Gasteiger partial charge in [0.15, 0.2) is 11.5 Å². The smallest absolute Gasteiger partial charge is 0.161 e. The molecule has 21 heavy (non-hydrogen) atoms. The first-order valence-corrected chi connectivity index (χ1v) is 8.04. The summed E-state index contributed by atoms with van der Waals surface area (Å²) in [4.78, 5) is 2.58. The van der Waals surface area contributed by atoms with E-state index in [-0.39, 0.29) is 0 Å². The largest absolute Gasteiger partial charge is 0.486 e. The Morgan fingerprint density at radius 2 is 2.05 bits per heavy atom. The molecule has 116 valence electrons. The lowest BCUT2D eigenvalue weighted by Crippen LogP contribution is -2.47. The Hall–Kier alpha value is -1.26. The molecule has 4 nitrogen and oxygen atoms in total. The van der Waals surface area contributed by atoms with E-state index in [0.29, 0.717) is 19.3 Å². The molecule has 2 atom stereocenters. The predicted octanol–water partition coefficient (Wildman–Crippen LogP) is 1.93. The van der Waals surface area contributed by atoms with Crippen molar-refractivity contribution in [2.75, 3.05) is 39.9 Å². The summed E-state index contributed by atoms with van der Waals surface area (Å²) in [6, 6.07) is 7.02. The van der Waals surface area contributed by atoms with Crippen LogP contribution in [-0.4, -0.2) is 50.8 Å². The first kappa shape index (κ1) is 14.7. The highest BCUT2D eigenvalue weighted by Gasteiger charge is 2.24. The van der Waals surface area contributed by atoms with Gasteiger partial charge in [-0.2, -0.15) is 0 Å². The maximum atomic E-state index is 5.65. The molecule has 0 amide bonds. The van der Waals surface area contributed by atoms with Crippen molar-refractivity contribution in [3.8, 4) is 11.5 Å². The van der Waals surface area contributed by atoms with Crippen LogP contribution in [0.3, 0.4) is 0 Å². The van der Waals surface area contributed by atoms with Gasteiger partial charge in [-0.25, -0.2) is 0 Å². The molecule has 2 unspecified atom stereocenters. The lowest BCUT2D eigenvalue weighted by atomic mass is 9.94. The van der Waals surface area contributed by atoms with Crippen LogP contribution in [0.4, 0.5) is 0 Å². The summed E-state index contributed by atoms with van der Waals surface area (Å²) in [5.74, 6) is 2.51. The summed E-state index contributed by atoms with van der Waals surface area (Å²) in [6.07, 6.45) is 2.33.